The molecule has 1 aliphatic heterocycles. The van der Waals surface area contributed by atoms with E-state index in [9.17, 15) is 4.79 Å². The topological polar surface area (TPSA) is 80.5 Å². The summed E-state index contributed by atoms with van der Waals surface area (Å²) in [4.78, 5) is 19.3. The van der Waals surface area contributed by atoms with Crippen molar-refractivity contribution in [3.63, 3.8) is 0 Å². The third-order valence-electron chi connectivity index (χ3n) is 6.08. The van der Waals surface area contributed by atoms with E-state index in [2.05, 4.69) is 32.5 Å². The summed E-state index contributed by atoms with van der Waals surface area (Å²) >= 11 is 6.22. The molecule has 7 nitrogen and oxygen atoms in total. The molecule has 2 heterocycles. The summed E-state index contributed by atoms with van der Waals surface area (Å²) in [5.74, 6) is 2.17. The summed E-state index contributed by atoms with van der Waals surface area (Å²) in [5, 5.41) is 7.77. The fourth-order valence-corrected chi connectivity index (χ4v) is 4.40. The Hall–Kier alpha value is -2.90. The number of nitrogens with one attached hydrogen (secondary N) is 1. The Morgan fingerprint density at radius 2 is 1.94 bits per heavy atom. The quantitative estimate of drug-likeness (QED) is 0.420. The SMILES string of the molecule is CCOc1ccc(CCCNC(=O)C2CCN(Cc3nc(-c4ccccc4Cl)no3)CC2)cc1. The Morgan fingerprint density at radius 3 is 2.68 bits per heavy atom. The van der Waals surface area contributed by atoms with E-state index in [4.69, 9.17) is 20.9 Å². The van der Waals surface area contributed by atoms with Gasteiger partial charge >= 0.3 is 0 Å². The normalized spacial score (nSPS) is 14.8. The first-order valence-corrected chi connectivity index (χ1v) is 12.3. The van der Waals surface area contributed by atoms with Crippen LogP contribution >= 0.6 is 11.6 Å². The molecule has 180 valence electrons. The second kappa shape index (κ2) is 12.0. The molecule has 0 bridgehead atoms. The maximum absolute atomic E-state index is 12.6. The van der Waals surface area contributed by atoms with Crippen LogP contribution in [0.1, 0.15) is 37.6 Å². The van der Waals surface area contributed by atoms with Crippen molar-refractivity contribution < 1.29 is 14.1 Å². The molecule has 0 radical (unpaired) electrons. The van der Waals surface area contributed by atoms with E-state index >= 15 is 0 Å². The Labute approximate surface area is 205 Å². The molecular weight excluding hydrogens is 452 g/mol. The molecule has 3 aromatic rings. The highest BCUT2D eigenvalue weighted by atomic mass is 35.5. The number of nitrogens with zero attached hydrogens (tertiary/aromatic N) is 3. The molecule has 34 heavy (non-hydrogen) atoms. The number of piperidine rings is 1. The van der Waals surface area contributed by atoms with Crippen molar-refractivity contribution in [2.45, 2.75) is 39.2 Å². The van der Waals surface area contributed by atoms with Crippen LogP contribution in [0.25, 0.3) is 11.4 Å². The fourth-order valence-electron chi connectivity index (χ4n) is 4.18. The molecule has 0 spiro atoms. The minimum absolute atomic E-state index is 0.0584. The van der Waals surface area contributed by atoms with Gasteiger partial charge in [-0.1, -0.05) is 41.0 Å². The molecule has 1 N–H and O–H groups in total. The Balaban J connectivity index is 1.15. The Morgan fingerprint density at radius 1 is 1.18 bits per heavy atom. The van der Waals surface area contributed by atoms with Gasteiger partial charge in [0.1, 0.15) is 5.75 Å². The molecule has 2 aromatic carbocycles. The van der Waals surface area contributed by atoms with Gasteiger partial charge in [0, 0.05) is 18.0 Å². The predicted octanol–water partition coefficient (Wildman–Crippen LogP) is 4.75. The zero-order chi connectivity index (χ0) is 23.8. The van der Waals surface area contributed by atoms with E-state index in [1.165, 1.54) is 5.56 Å². The summed E-state index contributed by atoms with van der Waals surface area (Å²) in [7, 11) is 0. The van der Waals surface area contributed by atoms with E-state index in [-0.39, 0.29) is 11.8 Å². The fraction of sp³-hybridized carbons (Fsp3) is 0.423. The summed E-state index contributed by atoms with van der Waals surface area (Å²) in [5.41, 5.74) is 2.02. The standard InChI is InChI=1S/C26H31ClN4O3/c1-2-33-21-11-9-19(10-12-21)6-5-15-28-26(32)20-13-16-31(17-14-20)18-24-29-25(30-34-24)22-7-3-4-8-23(22)27/h3-4,7-12,20H,2,5-6,13-18H2,1H3,(H,28,32). The van der Waals surface area contributed by atoms with E-state index in [1.54, 1.807) is 0 Å². The van der Waals surface area contributed by atoms with Crippen molar-refractivity contribution in [1.29, 1.82) is 0 Å². The number of carbonyl (C=O) groups is 1. The Bertz CT molecular complexity index is 1060. The highest BCUT2D eigenvalue weighted by Gasteiger charge is 2.26. The van der Waals surface area contributed by atoms with Gasteiger partial charge in [-0.05, 0) is 75.5 Å². The summed E-state index contributed by atoms with van der Waals surface area (Å²) < 4.78 is 10.9. The van der Waals surface area contributed by atoms with Crippen molar-refractivity contribution in [3.8, 4) is 17.1 Å². The number of ether oxygens (including phenoxy) is 1. The third-order valence-corrected chi connectivity index (χ3v) is 6.41. The van der Waals surface area contributed by atoms with Gasteiger partial charge < -0.3 is 14.6 Å². The largest absolute Gasteiger partial charge is 0.494 e. The molecule has 1 saturated heterocycles. The average molecular weight is 483 g/mol. The summed E-state index contributed by atoms with van der Waals surface area (Å²) in [6, 6.07) is 15.6. The van der Waals surface area contributed by atoms with Crippen LogP contribution in [0.15, 0.2) is 53.1 Å². The monoisotopic (exact) mass is 482 g/mol. The lowest BCUT2D eigenvalue weighted by Gasteiger charge is -2.30. The number of aromatic nitrogens is 2. The maximum atomic E-state index is 12.6. The number of likely N-dealkylation sites (tertiary alicyclic amines) is 1. The van der Waals surface area contributed by atoms with Crippen molar-refractivity contribution in [2.24, 2.45) is 5.92 Å². The summed E-state index contributed by atoms with van der Waals surface area (Å²) in [6.45, 7) is 5.58. The first-order chi connectivity index (χ1) is 16.6. The summed E-state index contributed by atoms with van der Waals surface area (Å²) in [6.07, 6.45) is 3.52. The minimum atomic E-state index is 0.0584. The van der Waals surface area contributed by atoms with Gasteiger partial charge in [-0.15, -0.1) is 0 Å². The van der Waals surface area contributed by atoms with Crippen LogP contribution in [-0.2, 0) is 17.8 Å². The molecule has 1 aromatic heterocycles. The number of hydrogen-bond acceptors (Lipinski definition) is 6. The number of aryl methyl sites for hydroxylation is 1. The van der Waals surface area contributed by atoms with Gasteiger partial charge in [0.05, 0.1) is 18.2 Å². The van der Waals surface area contributed by atoms with Gasteiger partial charge in [0.25, 0.3) is 0 Å². The maximum Gasteiger partial charge on any atom is 0.241 e. The number of amides is 1. The lowest BCUT2D eigenvalue weighted by Crippen LogP contribution is -2.40. The Kier molecular flexibility index (Phi) is 8.55. The molecule has 8 heteroatoms. The van der Waals surface area contributed by atoms with E-state index in [0.717, 1.165) is 50.1 Å². The average Bonchev–Trinajstić information content (AvgIpc) is 3.32. The molecule has 1 aliphatic rings. The second-order valence-corrected chi connectivity index (χ2v) is 8.92. The minimum Gasteiger partial charge on any atom is -0.494 e. The van der Waals surface area contributed by atoms with E-state index in [0.29, 0.717) is 36.4 Å². The molecule has 0 saturated carbocycles. The number of carbonyl (C=O) groups excluding carboxylic acids is 1. The lowest BCUT2D eigenvalue weighted by molar-refractivity contribution is -0.126. The molecule has 0 atom stereocenters. The van der Waals surface area contributed by atoms with Crippen LogP contribution in [-0.4, -0.2) is 47.2 Å². The van der Waals surface area contributed by atoms with Gasteiger partial charge in [-0.2, -0.15) is 4.98 Å². The number of halogens is 1. The van der Waals surface area contributed by atoms with Gasteiger partial charge in [0.2, 0.25) is 17.6 Å². The first kappa shape index (κ1) is 24.2. The first-order valence-electron chi connectivity index (χ1n) is 11.9. The van der Waals surface area contributed by atoms with Crippen LogP contribution < -0.4 is 10.1 Å². The van der Waals surface area contributed by atoms with Crippen LogP contribution in [0.3, 0.4) is 0 Å². The predicted molar refractivity (Wildman–Crippen MR) is 132 cm³/mol. The van der Waals surface area contributed by atoms with Crippen LogP contribution in [0, 0.1) is 5.92 Å². The molecule has 0 aliphatic carbocycles. The van der Waals surface area contributed by atoms with Crippen molar-refractivity contribution in [1.82, 2.24) is 20.4 Å². The van der Waals surface area contributed by atoms with Gasteiger partial charge in [-0.25, -0.2) is 0 Å². The molecule has 4 rings (SSSR count). The second-order valence-electron chi connectivity index (χ2n) is 8.51. The van der Waals surface area contributed by atoms with Crippen LogP contribution in [0.2, 0.25) is 5.02 Å². The van der Waals surface area contributed by atoms with E-state index in [1.807, 2.05) is 43.3 Å². The zero-order valence-electron chi connectivity index (χ0n) is 19.5. The highest BCUT2D eigenvalue weighted by molar-refractivity contribution is 6.33. The molecule has 1 fully saturated rings. The van der Waals surface area contributed by atoms with Crippen molar-refractivity contribution >= 4 is 17.5 Å². The van der Waals surface area contributed by atoms with Gasteiger partial charge in [0.15, 0.2) is 0 Å². The molecular formula is C26H31ClN4O3. The number of benzene rings is 2. The number of hydrogen-bond donors (Lipinski definition) is 1. The highest BCUT2D eigenvalue weighted by Crippen LogP contribution is 2.25. The van der Waals surface area contributed by atoms with Crippen molar-refractivity contribution in [3.05, 3.63) is 65.0 Å². The van der Waals surface area contributed by atoms with E-state index < -0.39 is 0 Å². The number of rotatable bonds is 10. The van der Waals surface area contributed by atoms with Crippen LogP contribution in [0.5, 0.6) is 5.75 Å². The third kappa shape index (κ3) is 6.58. The van der Waals surface area contributed by atoms with Gasteiger partial charge in [-0.3, -0.25) is 9.69 Å². The zero-order valence-corrected chi connectivity index (χ0v) is 20.3. The van der Waals surface area contributed by atoms with Crippen LogP contribution in [0.4, 0.5) is 0 Å². The smallest absolute Gasteiger partial charge is 0.241 e. The molecule has 1 amide bonds. The lowest BCUT2D eigenvalue weighted by atomic mass is 9.96. The van der Waals surface area contributed by atoms with Crippen molar-refractivity contribution in [2.75, 3.05) is 26.2 Å². The molecule has 0 unspecified atom stereocenters.